The van der Waals surface area contributed by atoms with Gasteiger partial charge in [0, 0.05) is 30.6 Å². The number of allylic oxidation sites excluding steroid dienone is 8. The van der Waals surface area contributed by atoms with E-state index in [0.29, 0.717) is 12.5 Å². The normalized spacial score (nSPS) is 21.2. The van der Waals surface area contributed by atoms with Crippen LogP contribution in [0.2, 0.25) is 0 Å². The Balaban J connectivity index is 1.44. The molecule has 4 rings (SSSR count). The maximum Gasteiger partial charge on any atom is 0.250 e. The van der Waals surface area contributed by atoms with Crippen molar-refractivity contribution >= 4 is 12.1 Å². The number of dihydropyridines is 1. The summed E-state index contributed by atoms with van der Waals surface area (Å²) in [5.41, 5.74) is 2.72. The van der Waals surface area contributed by atoms with Crippen LogP contribution in [0, 0.1) is 5.92 Å². The Morgan fingerprint density at radius 1 is 1.29 bits per heavy atom. The Bertz CT molecular complexity index is 1090. The molecule has 0 aromatic carbocycles. The van der Waals surface area contributed by atoms with Gasteiger partial charge in [-0.2, -0.15) is 0 Å². The van der Waals surface area contributed by atoms with Crippen molar-refractivity contribution in [2.24, 2.45) is 10.9 Å². The molecule has 2 saturated carbocycles. The zero-order valence-corrected chi connectivity index (χ0v) is 20.7. The number of carbonyl (C=O) groups excluding carboxylic acids is 1. The second kappa shape index (κ2) is 12.3. The number of aromatic nitrogens is 3. The molecule has 1 atom stereocenters. The number of nitrogens with zero attached hydrogens (tertiary/aromatic N) is 4. The smallest absolute Gasteiger partial charge is 0.250 e. The molecule has 1 aromatic rings. The molecule has 0 spiro atoms. The molecule has 0 radical (unpaired) electrons. The predicted octanol–water partition coefficient (Wildman–Crippen LogP) is 4.86. The summed E-state index contributed by atoms with van der Waals surface area (Å²) >= 11 is 0. The first-order valence-corrected chi connectivity index (χ1v) is 12.7. The van der Waals surface area contributed by atoms with Gasteiger partial charge in [0.2, 0.25) is 0 Å². The van der Waals surface area contributed by atoms with E-state index < -0.39 is 6.04 Å². The van der Waals surface area contributed by atoms with Crippen molar-refractivity contribution in [3.8, 4) is 0 Å². The van der Waals surface area contributed by atoms with Gasteiger partial charge in [0.15, 0.2) is 0 Å². The summed E-state index contributed by atoms with van der Waals surface area (Å²) < 4.78 is 2.14. The number of rotatable bonds is 12. The van der Waals surface area contributed by atoms with E-state index in [0.717, 1.165) is 41.4 Å². The topological polar surface area (TPSA) is 84.2 Å². The Labute approximate surface area is 208 Å². The number of hydrogen-bond acceptors (Lipinski definition) is 5. The lowest BCUT2D eigenvalue weighted by Gasteiger charge is -2.19. The Kier molecular flexibility index (Phi) is 8.65. The highest BCUT2D eigenvalue weighted by atomic mass is 16.2. The standard InChI is InChI=1S/C28H36N6O/c1-3-5-7-24(10-13-27-33-31-20-34(27)25-11-12-25)32-28(35)26-18-22(15-17-30-26)23(6-4-2)19-29-16-14-21-8-9-21/h4-7,10,15-21,25-26,30H,3,8-9,11-14H2,1-2H3,(H,32,35)/b6-4-,7-5-,23-19+,24-10+,29-16?. The number of carbonyl (C=O) groups is 1. The zero-order chi connectivity index (χ0) is 24.5. The summed E-state index contributed by atoms with van der Waals surface area (Å²) in [6.07, 6.45) is 29.0. The quantitative estimate of drug-likeness (QED) is 0.336. The predicted molar refractivity (Wildman–Crippen MR) is 141 cm³/mol. The van der Waals surface area contributed by atoms with Gasteiger partial charge >= 0.3 is 0 Å². The van der Waals surface area contributed by atoms with Crippen LogP contribution in [0.4, 0.5) is 0 Å². The summed E-state index contributed by atoms with van der Waals surface area (Å²) in [7, 11) is 0. The number of aliphatic imine (C=N–C) groups is 1. The minimum absolute atomic E-state index is 0.112. The largest absolute Gasteiger partial charge is 0.376 e. The molecular weight excluding hydrogens is 436 g/mol. The SMILES string of the molecule is C/C=C\C(=C/N=CCC1CC1)C1=CC(C(=O)NC(/C=C\CC)=C/Cc2nncn2C2CC2)NC=C1. The van der Waals surface area contributed by atoms with Gasteiger partial charge < -0.3 is 15.2 Å². The van der Waals surface area contributed by atoms with Crippen LogP contribution >= 0.6 is 0 Å². The molecular formula is C28H36N6O. The number of hydrogen-bond donors (Lipinski definition) is 2. The maximum atomic E-state index is 13.2. The molecule has 0 bridgehead atoms. The van der Waals surface area contributed by atoms with E-state index in [1.165, 1.54) is 25.7 Å². The monoisotopic (exact) mass is 472 g/mol. The van der Waals surface area contributed by atoms with Gasteiger partial charge in [0.05, 0.1) is 0 Å². The first-order valence-electron chi connectivity index (χ1n) is 12.7. The van der Waals surface area contributed by atoms with Gasteiger partial charge in [0.25, 0.3) is 5.91 Å². The van der Waals surface area contributed by atoms with Crippen molar-refractivity contribution in [1.29, 1.82) is 0 Å². The molecule has 1 aliphatic heterocycles. The molecule has 1 aromatic heterocycles. The minimum atomic E-state index is -0.479. The van der Waals surface area contributed by atoms with Crippen molar-refractivity contribution in [1.82, 2.24) is 25.4 Å². The summed E-state index contributed by atoms with van der Waals surface area (Å²) in [6, 6.07) is 0.0458. The van der Waals surface area contributed by atoms with Gasteiger partial charge in [-0.15, -0.1) is 10.2 Å². The molecule has 3 aliphatic rings. The molecule has 1 amide bonds. The molecule has 0 saturated heterocycles. The van der Waals surface area contributed by atoms with Gasteiger partial charge in [-0.1, -0.05) is 31.2 Å². The highest BCUT2D eigenvalue weighted by molar-refractivity contribution is 5.86. The van der Waals surface area contributed by atoms with Crippen LogP contribution in [0.1, 0.15) is 64.2 Å². The molecule has 2 heterocycles. The summed E-state index contributed by atoms with van der Waals surface area (Å²) in [6.45, 7) is 4.06. The molecule has 1 unspecified atom stereocenters. The third-order valence-corrected chi connectivity index (χ3v) is 6.19. The number of amides is 1. The van der Waals surface area contributed by atoms with Crippen molar-refractivity contribution in [2.75, 3.05) is 0 Å². The highest BCUT2D eigenvalue weighted by Gasteiger charge is 2.25. The molecule has 2 N–H and O–H groups in total. The molecule has 7 heteroatoms. The summed E-state index contributed by atoms with van der Waals surface area (Å²) in [4.78, 5) is 17.7. The first-order chi connectivity index (χ1) is 17.2. The zero-order valence-electron chi connectivity index (χ0n) is 20.7. The van der Waals surface area contributed by atoms with Crippen LogP contribution in [0.25, 0.3) is 0 Å². The lowest BCUT2D eigenvalue weighted by atomic mass is 10.0. The van der Waals surface area contributed by atoms with Crippen molar-refractivity contribution in [3.05, 3.63) is 83.9 Å². The summed E-state index contributed by atoms with van der Waals surface area (Å²) in [5.74, 6) is 1.63. The van der Waals surface area contributed by atoms with Crippen LogP contribution in [-0.4, -0.2) is 32.9 Å². The lowest BCUT2D eigenvalue weighted by molar-refractivity contribution is -0.121. The van der Waals surface area contributed by atoms with Crippen molar-refractivity contribution in [2.45, 2.75) is 70.9 Å². The van der Waals surface area contributed by atoms with Crippen molar-refractivity contribution in [3.63, 3.8) is 0 Å². The highest BCUT2D eigenvalue weighted by Crippen LogP contribution is 2.35. The van der Waals surface area contributed by atoms with Gasteiger partial charge in [0.1, 0.15) is 18.2 Å². The Morgan fingerprint density at radius 2 is 2.14 bits per heavy atom. The molecule has 184 valence electrons. The van der Waals surface area contributed by atoms with Crippen LogP contribution < -0.4 is 10.6 Å². The lowest BCUT2D eigenvalue weighted by Crippen LogP contribution is -2.41. The fourth-order valence-electron chi connectivity index (χ4n) is 3.86. The third kappa shape index (κ3) is 7.50. The number of nitrogens with one attached hydrogen (secondary N) is 2. The van der Waals surface area contributed by atoms with Crippen LogP contribution in [-0.2, 0) is 11.2 Å². The van der Waals surface area contributed by atoms with Gasteiger partial charge in [-0.3, -0.25) is 9.79 Å². The van der Waals surface area contributed by atoms with E-state index in [-0.39, 0.29) is 5.91 Å². The maximum absolute atomic E-state index is 13.2. The average molecular weight is 473 g/mol. The second-order valence-electron chi connectivity index (χ2n) is 9.24. The van der Waals surface area contributed by atoms with Gasteiger partial charge in [-0.05, 0) is 86.9 Å². The van der Waals surface area contributed by atoms with E-state index >= 15 is 0 Å². The van der Waals surface area contributed by atoms with Crippen LogP contribution in [0.15, 0.2) is 83.1 Å². The minimum Gasteiger partial charge on any atom is -0.376 e. The van der Waals surface area contributed by atoms with Gasteiger partial charge in [-0.25, -0.2) is 0 Å². The molecule has 2 fully saturated rings. The molecule has 35 heavy (non-hydrogen) atoms. The molecule has 2 aliphatic carbocycles. The van der Waals surface area contributed by atoms with E-state index in [1.807, 2.05) is 68.1 Å². The van der Waals surface area contributed by atoms with Crippen molar-refractivity contribution < 1.29 is 4.79 Å². The van der Waals surface area contributed by atoms with E-state index in [4.69, 9.17) is 0 Å². The fourth-order valence-corrected chi connectivity index (χ4v) is 3.86. The van der Waals surface area contributed by atoms with Crippen LogP contribution in [0.5, 0.6) is 0 Å². The van der Waals surface area contributed by atoms with E-state index in [2.05, 4.69) is 37.3 Å². The third-order valence-electron chi connectivity index (χ3n) is 6.19. The van der Waals surface area contributed by atoms with E-state index in [1.54, 1.807) is 6.33 Å². The Morgan fingerprint density at radius 3 is 2.89 bits per heavy atom. The second-order valence-corrected chi connectivity index (χ2v) is 9.24. The first kappa shape index (κ1) is 24.6. The van der Waals surface area contributed by atoms with Crippen LogP contribution in [0.3, 0.4) is 0 Å². The fraction of sp³-hybridized carbons (Fsp3) is 0.429. The Hall–Kier alpha value is -3.48. The molecule has 7 nitrogen and oxygen atoms in total. The average Bonchev–Trinajstić information content (AvgIpc) is 3.82. The van der Waals surface area contributed by atoms with E-state index in [9.17, 15) is 4.79 Å². The summed E-state index contributed by atoms with van der Waals surface area (Å²) in [5, 5.41) is 14.6.